The molecule has 2 aromatic carbocycles. The first-order chi connectivity index (χ1) is 15.4. The van der Waals surface area contributed by atoms with Crippen molar-refractivity contribution in [3.8, 4) is 0 Å². The van der Waals surface area contributed by atoms with Crippen LogP contribution in [0.15, 0.2) is 58.5 Å². The Morgan fingerprint density at radius 1 is 1.34 bits per heavy atom. The van der Waals surface area contributed by atoms with Crippen LogP contribution in [0.4, 0.5) is 11.4 Å². The Bertz CT molecular complexity index is 1220. The lowest BCUT2D eigenvalue weighted by Gasteiger charge is -2.18. The van der Waals surface area contributed by atoms with Gasteiger partial charge in [-0.25, -0.2) is 4.98 Å². The van der Waals surface area contributed by atoms with Gasteiger partial charge >= 0.3 is 0 Å². The third kappa shape index (κ3) is 4.81. The Hall–Kier alpha value is -3.24. The molecule has 9 nitrogen and oxygen atoms in total. The summed E-state index contributed by atoms with van der Waals surface area (Å²) in [6, 6.07) is 12.9. The second-order valence-corrected chi connectivity index (χ2v) is 8.83. The van der Waals surface area contributed by atoms with E-state index in [1.807, 2.05) is 6.07 Å². The lowest BCUT2D eigenvalue weighted by atomic mass is 10.2. The molecule has 166 valence electrons. The molecule has 1 saturated heterocycles. The highest BCUT2D eigenvalue weighted by atomic mass is 32.2. The van der Waals surface area contributed by atoms with E-state index in [-0.39, 0.29) is 23.3 Å². The number of rotatable bonds is 7. The number of non-ortho nitro benzene ring substituents is 1. The highest BCUT2D eigenvalue weighted by molar-refractivity contribution is 8.00. The lowest BCUT2D eigenvalue weighted by Crippen LogP contribution is -2.30. The molecule has 0 spiro atoms. The van der Waals surface area contributed by atoms with Crippen LogP contribution in [0, 0.1) is 10.1 Å². The number of para-hydroxylation sites is 1. The van der Waals surface area contributed by atoms with Crippen molar-refractivity contribution in [2.45, 2.75) is 42.8 Å². The van der Waals surface area contributed by atoms with Gasteiger partial charge in [0.25, 0.3) is 11.2 Å². The molecule has 10 heteroatoms. The maximum absolute atomic E-state index is 13.2. The van der Waals surface area contributed by atoms with E-state index in [2.05, 4.69) is 10.3 Å². The number of thioether (sulfide) groups is 1. The predicted octanol–water partition coefficient (Wildman–Crippen LogP) is 3.60. The van der Waals surface area contributed by atoms with Crippen LogP contribution in [-0.4, -0.2) is 38.3 Å². The number of fused-ring (bicyclic) bond motifs is 1. The van der Waals surface area contributed by atoms with Crippen LogP contribution in [0.5, 0.6) is 0 Å². The van der Waals surface area contributed by atoms with Crippen LogP contribution in [0.25, 0.3) is 10.9 Å². The van der Waals surface area contributed by atoms with Crippen molar-refractivity contribution in [2.75, 3.05) is 11.9 Å². The first-order valence-corrected chi connectivity index (χ1v) is 11.1. The summed E-state index contributed by atoms with van der Waals surface area (Å²) >= 11 is 1.17. The average molecular weight is 455 g/mol. The van der Waals surface area contributed by atoms with E-state index in [0.717, 1.165) is 12.8 Å². The third-order valence-corrected chi connectivity index (χ3v) is 6.30. The summed E-state index contributed by atoms with van der Waals surface area (Å²) in [5, 5.41) is 14.0. The van der Waals surface area contributed by atoms with Gasteiger partial charge in [-0.1, -0.05) is 30.0 Å². The molecular formula is C22H22N4O5S. The Kier molecular flexibility index (Phi) is 6.52. The molecule has 0 bridgehead atoms. The van der Waals surface area contributed by atoms with Gasteiger partial charge in [-0.3, -0.25) is 24.3 Å². The second-order valence-electron chi connectivity index (χ2n) is 7.52. The number of carbonyl (C=O) groups excluding carboxylic acids is 1. The number of aromatic nitrogens is 2. The lowest BCUT2D eigenvalue weighted by molar-refractivity contribution is -0.384. The summed E-state index contributed by atoms with van der Waals surface area (Å²) in [6.07, 6.45) is 1.75. The summed E-state index contributed by atoms with van der Waals surface area (Å²) in [4.78, 5) is 41.0. The van der Waals surface area contributed by atoms with E-state index in [9.17, 15) is 19.7 Å². The van der Waals surface area contributed by atoms with E-state index in [4.69, 9.17) is 4.74 Å². The first-order valence-electron chi connectivity index (χ1n) is 10.3. The van der Waals surface area contributed by atoms with Crippen molar-refractivity contribution in [3.05, 3.63) is 69.0 Å². The molecule has 3 aromatic rings. The molecule has 32 heavy (non-hydrogen) atoms. The Morgan fingerprint density at radius 2 is 2.16 bits per heavy atom. The zero-order chi connectivity index (χ0) is 22.7. The van der Waals surface area contributed by atoms with Gasteiger partial charge in [0.1, 0.15) is 0 Å². The van der Waals surface area contributed by atoms with Crippen LogP contribution in [0.2, 0.25) is 0 Å². The van der Waals surface area contributed by atoms with Crippen molar-refractivity contribution < 1.29 is 14.5 Å². The van der Waals surface area contributed by atoms with Crippen molar-refractivity contribution in [1.82, 2.24) is 9.55 Å². The van der Waals surface area contributed by atoms with Gasteiger partial charge < -0.3 is 10.1 Å². The minimum absolute atomic E-state index is 0.0657. The van der Waals surface area contributed by atoms with E-state index < -0.39 is 10.2 Å². The molecule has 1 N–H and O–H groups in total. The molecule has 0 aliphatic carbocycles. The number of nitro groups is 1. The number of ether oxygens (including phenoxy) is 1. The number of nitro benzene ring substituents is 1. The standard InChI is InChI=1S/C22H22N4O5S/c1-14(20(27)23-15-6-4-7-16(12-15)26(29)30)32-22-24-19-10-3-2-9-18(19)21(28)25(22)13-17-8-5-11-31-17/h2-4,6-7,9-10,12,14,17H,5,8,11,13H2,1H3,(H,23,27)/t14-,17+/m1/s1. The molecular weight excluding hydrogens is 432 g/mol. The molecule has 1 fully saturated rings. The van der Waals surface area contributed by atoms with E-state index >= 15 is 0 Å². The molecule has 0 unspecified atom stereocenters. The van der Waals surface area contributed by atoms with Crippen molar-refractivity contribution in [3.63, 3.8) is 0 Å². The van der Waals surface area contributed by atoms with Crippen LogP contribution in [0.3, 0.4) is 0 Å². The zero-order valence-electron chi connectivity index (χ0n) is 17.4. The summed E-state index contributed by atoms with van der Waals surface area (Å²) < 4.78 is 7.29. The molecule has 4 rings (SSSR count). The van der Waals surface area contributed by atoms with Crippen molar-refractivity contribution in [1.29, 1.82) is 0 Å². The summed E-state index contributed by atoms with van der Waals surface area (Å²) in [6.45, 7) is 2.75. The van der Waals surface area contributed by atoms with Crippen LogP contribution < -0.4 is 10.9 Å². The number of anilines is 1. The normalized spacial score (nSPS) is 16.7. The fraction of sp³-hybridized carbons (Fsp3) is 0.318. The largest absolute Gasteiger partial charge is 0.376 e. The maximum Gasteiger partial charge on any atom is 0.271 e. The highest BCUT2D eigenvalue weighted by Gasteiger charge is 2.23. The number of nitrogens with one attached hydrogen (secondary N) is 1. The fourth-order valence-electron chi connectivity index (χ4n) is 3.54. The van der Waals surface area contributed by atoms with Crippen LogP contribution in [-0.2, 0) is 16.1 Å². The Balaban J connectivity index is 1.59. The zero-order valence-corrected chi connectivity index (χ0v) is 18.2. The molecule has 0 saturated carbocycles. The van der Waals surface area contributed by atoms with Gasteiger partial charge in [0.15, 0.2) is 5.16 Å². The molecule has 1 amide bonds. The highest BCUT2D eigenvalue weighted by Crippen LogP contribution is 2.26. The summed E-state index contributed by atoms with van der Waals surface area (Å²) in [5.41, 5.74) is 0.624. The third-order valence-electron chi connectivity index (χ3n) is 5.21. The Morgan fingerprint density at radius 3 is 2.91 bits per heavy atom. The molecule has 1 aliphatic heterocycles. The SMILES string of the molecule is C[C@@H](Sc1nc2ccccc2c(=O)n1C[C@@H]1CCCO1)C(=O)Nc1cccc([N+](=O)[O-])c1. The van der Waals surface area contributed by atoms with Crippen molar-refractivity contribution >= 4 is 39.9 Å². The summed E-state index contributed by atoms with van der Waals surface area (Å²) in [7, 11) is 0. The summed E-state index contributed by atoms with van der Waals surface area (Å²) in [5.74, 6) is -0.346. The topological polar surface area (TPSA) is 116 Å². The number of carbonyl (C=O) groups is 1. The second kappa shape index (κ2) is 9.49. The smallest absolute Gasteiger partial charge is 0.271 e. The number of nitrogens with zero attached hydrogens (tertiary/aromatic N) is 3. The molecule has 1 aromatic heterocycles. The molecule has 2 atom stereocenters. The van der Waals surface area contributed by atoms with Gasteiger partial charge in [0, 0.05) is 24.4 Å². The minimum atomic E-state index is -0.599. The van der Waals surface area contributed by atoms with Crippen LogP contribution in [0.1, 0.15) is 19.8 Å². The van der Waals surface area contributed by atoms with Crippen molar-refractivity contribution in [2.24, 2.45) is 0 Å². The number of benzene rings is 2. The molecule has 0 radical (unpaired) electrons. The van der Waals surface area contributed by atoms with Gasteiger partial charge in [-0.05, 0) is 38.0 Å². The van der Waals surface area contributed by atoms with Crippen LogP contribution >= 0.6 is 11.8 Å². The van der Waals surface area contributed by atoms with Gasteiger partial charge in [0.2, 0.25) is 5.91 Å². The first kappa shape index (κ1) is 22.0. The maximum atomic E-state index is 13.2. The quantitative estimate of drug-likeness (QED) is 0.251. The van der Waals surface area contributed by atoms with Gasteiger partial charge in [-0.2, -0.15) is 0 Å². The number of hydrogen-bond donors (Lipinski definition) is 1. The monoisotopic (exact) mass is 454 g/mol. The van der Waals surface area contributed by atoms with E-state index in [1.54, 1.807) is 35.8 Å². The van der Waals surface area contributed by atoms with E-state index in [0.29, 0.717) is 34.9 Å². The number of hydrogen-bond acceptors (Lipinski definition) is 7. The predicted molar refractivity (Wildman–Crippen MR) is 122 cm³/mol. The van der Waals surface area contributed by atoms with Gasteiger partial charge in [0.05, 0.1) is 33.7 Å². The minimum Gasteiger partial charge on any atom is -0.376 e. The molecule has 1 aliphatic rings. The fourth-order valence-corrected chi connectivity index (χ4v) is 4.46. The van der Waals surface area contributed by atoms with Gasteiger partial charge in [-0.15, -0.1) is 0 Å². The number of amides is 1. The van der Waals surface area contributed by atoms with E-state index in [1.165, 1.54) is 30.0 Å². The Labute approximate surface area is 187 Å². The average Bonchev–Trinajstić information content (AvgIpc) is 3.30. The molecule has 2 heterocycles.